The normalized spacial score (nSPS) is 12.3. The minimum atomic E-state index is -6.52. The van der Waals surface area contributed by atoms with Gasteiger partial charge >= 0.3 is 36.2 Å². The Hall–Kier alpha value is -4.10. The second-order valence-corrected chi connectivity index (χ2v) is 6.42. The van der Waals surface area contributed by atoms with Crippen molar-refractivity contribution in [3.63, 3.8) is 0 Å². The molecule has 0 aromatic heterocycles. The first-order valence-electron chi connectivity index (χ1n) is 8.33. The van der Waals surface area contributed by atoms with E-state index < -0.39 is 75.0 Å². The number of aromatic carboxylic acids is 4. The molecule has 0 saturated heterocycles. The molecule has 0 unspecified atom stereocenters. The minimum absolute atomic E-state index is 0. The van der Waals surface area contributed by atoms with Gasteiger partial charge in [0.2, 0.25) is 5.41 Å². The third-order valence-electron chi connectivity index (χ3n) is 4.68. The molecule has 0 bridgehead atoms. The van der Waals surface area contributed by atoms with Crippen molar-refractivity contribution in [2.75, 3.05) is 0 Å². The first-order chi connectivity index (χ1) is 15.0. The fourth-order valence-corrected chi connectivity index (χ4v) is 3.46. The summed E-state index contributed by atoms with van der Waals surface area (Å²) >= 11 is 0. The van der Waals surface area contributed by atoms with E-state index in [2.05, 4.69) is 0 Å². The van der Waals surface area contributed by atoms with Crippen molar-refractivity contribution >= 4 is 23.9 Å². The Kier molecular flexibility index (Phi) is 6.18. The standard InChI is InChI=1S/C19H10F6O8.2H/c20-18(21,22)17(19(23,24)25,9-5-1-3-7(13(26)27)11(9)15(30)31)10-6-2-4-8(14(28)29)12(10)16(32)33;;/h1-6H,(H,26,27)(H,28,29)(H,30,31)(H,32,33);;/q;2*-1. The van der Waals surface area contributed by atoms with Crippen LogP contribution in [0, 0.1) is 0 Å². The Morgan fingerprint density at radius 3 is 1.09 bits per heavy atom. The summed E-state index contributed by atoms with van der Waals surface area (Å²) in [6.07, 6.45) is -13.0. The molecule has 0 spiro atoms. The second kappa shape index (κ2) is 8.11. The van der Waals surface area contributed by atoms with E-state index in [0.29, 0.717) is 24.3 Å². The highest BCUT2D eigenvalue weighted by Gasteiger charge is 2.74. The smallest absolute Gasteiger partial charge is 0.411 e. The molecule has 0 atom stereocenters. The predicted octanol–water partition coefficient (Wildman–Crippen LogP) is 4.12. The van der Waals surface area contributed by atoms with E-state index in [4.69, 9.17) is 10.2 Å². The Balaban J connectivity index is 0.00000578. The van der Waals surface area contributed by atoms with E-state index in [-0.39, 0.29) is 15.0 Å². The van der Waals surface area contributed by atoms with Crippen LogP contribution in [0.15, 0.2) is 36.4 Å². The van der Waals surface area contributed by atoms with Crippen LogP contribution in [0.1, 0.15) is 55.4 Å². The summed E-state index contributed by atoms with van der Waals surface area (Å²) in [5.41, 5.74) is -16.4. The lowest BCUT2D eigenvalue weighted by Crippen LogP contribution is -2.56. The van der Waals surface area contributed by atoms with E-state index in [1.165, 1.54) is 0 Å². The maximum atomic E-state index is 14.4. The lowest BCUT2D eigenvalue weighted by atomic mass is 9.68. The van der Waals surface area contributed by atoms with E-state index in [1.54, 1.807) is 0 Å². The maximum Gasteiger partial charge on any atom is 0.411 e. The van der Waals surface area contributed by atoms with Gasteiger partial charge < -0.3 is 23.3 Å². The molecule has 0 aliphatic rings. The van der Waals surface area contributed by atoms with Gasteiger partial charge in [-0.15, -0.1) is 0 Å². The number of hydrogen-bond donors (Lipinski definition) is 4. The summed E-state index contributed by atoms with van der Waals surface area (Å²) in [6.45, 7) is 0. The Morgan fingerprint density at radius 1 is 0.576 bits per heavy atom. The molecule has 14 heteroatoms. The first-order valence-corrected chi connectivity index (χ1v) is 8.33. The Labute approximate surface area is 181 Å². The van der Waals surface area contributed by atoms with Gasteiger partial charge in [0.05, 0.1) is 22.3 Å². The van der Waals surface area contributed by atoms with Gasteiger partial charge in [-0.25, -0.2) is 19.2 Å². The lowest BCUT2D eigenvalue weighted by molar-refractivity contribution is -0.288. The van der Waals surface area contributed by atoms with Crippen LogP contribution >= 0.6 is 0 Å². The van der Waals surface area contributed by atoms with Crippen molar-refractivity contribution in [1.82, 2.24) is 0 Å². The average molecular weight is 482 g/mol. The molecule has 2 rings (SSSR count). The number of rotatable bonds is 6. The summed E-state index contributed by atoms with van der Waals surface area (Å²) in [5.74, 6) is -9.31. The monoisotopic (exact) mass is 482 g/mol. The quantitative estimate of drug-likeness (QED) is 0.450. The van der Waals surface area contributed by atoms with Crippen molar-refractivity contribution in [2.24, 2.45) is 0 Å². The molecule has 0 radical (unpaired) electrons. The molecule has 0 heterocycles. The highest BCUT2D eigenvalue weighted by molar-refractivity contribution is 6.05. The van der Waals surface area contributed by atoms with Crippen LogP contribution in [0.25, 0.3) is 0 Å². The molecule has 180 valence electrons. The van der Waals surface area contributed by atoms with E-state index in [1.807, 2.05) is 0 Å². The number of alkyl halides is 6. The summed E-state index contributed by atoms with van der Waals surface area (Å²) in [6, 6.07) is 1.79. The average Bonchev–Trinajstić information content (AvgIpc) is 2.65. The van der Waals surface area contributed by atoms with Gasteiger partial charge in [-0.1, -0.05) is 24.3 Å². The number of halogens is 6. The van der Waals surface area contributed by atoms with Crippen LogP contribution in [-0.4, -0.2) is 56.7 Å². The van der Waals surface area contributed by atoms with Gasteiger partial charge in [0.25, 0.3) is 0 Å². The minimum Gasteiger partial charge on any atom is -1.00 e. The molecule has 0 aliphatic heterocycles. The SMILES string of the molecule is O=C(O)c1cccc(C(c2cccc(C(=O)O)c2C(=O)O)(C(F)(F)F)C(F)(F)F)c1C(=O)O.[H-].[H-]. The molecule has 0 fully saturated rings. The predicted molar refractivity (Wildman–Crippen MR) is 95.8 cm³/mol. The Morgan fingerprint density at radius 2 is 0.879 bits per heavy atom. The van der Waals surface area contributed by atoms with Crippen molar-refractivity contribution in [3.8, 4) is 0 Å². The van der Waals surface area contributed by atoms with E-state index in [0.717, 1.165) is 0 Å². The number of carbonyl (C=O) groups is 4. The van der Waals surface area contributed by atoms with Crippen molar-refractivity contribution in [2.45, 2.75) is 17.8 Å². The third kappa shape index (κ3) is 3.83. The number of carboxylic acid groups (broad SMARTS) is 4. The van der Waals surface area contributed by atoms with Gasteiger partial charge in [-0.05, 0) is 23.3 Å². The van der Waals surface area contributed by atoms with Gasteiger partial charge in [0.1, 0.15) is 0 Å². The molecule has 2 aromatic rings. The van der Waals surface area contributed by atoms with Gasteiger partial charge in [0.15, 0.2) is 0 Å². The zero-order valence-electron chi connectivity index (χ0n) is 17.7. The highest BCUT2D eigenvalue weighted by atomic mass is 19.4. The molecular weight excluding hydrogens is 470 g/mol. The van der Waals surface area contributed by atoms with Crippen molar-refractivity contribution < 1.29 is 68.8 Å². The van der Waals surface area contributed by atoms with Crippen LogP contribution in [0.4, 0.5) is 26.3 Å². The van der Waals surface area contributed by atoms with Crippen LogP contribution in [0.3, 0.4) is 0 Å². The van der Waals surface area contributed by atoms with Crippen molar-refractivity contribution in [3.05, 3.63) is 69.8 Å². The molecule has 0 aliphatic carbocycles. The lowest BCUT2D eigenvalue weighted by Gasteiger charge is -2.40. The molecule has 2 aromatic carbocycles. The molecule has 0 amide bonds. The molecule has 33 heavy (non-hydrogen) atoms. The summed E-state index contributed by atoms with van der Waals surface area (Å²) in [5, 5.41) is 37.0. The molecule has 4 N–H and O–H groups in total. The highest BCUT2D eigenvalue weighted by Crippen LogP contribution is 2.58. The van der Waals surface area contributed by atoms with Crippen LogP contribution < -0.4 is 0 Å². The zero-order chi connectivity index (χ0) is 25.5. The van der Waals surface area contributed by atoms with Gasteiger partial charge in [-0.2, -0.15) is 26.3 Å². The van der Waals surface area contributed by atoms with E-state index >= 15 is 0 Å². The fraction of sp³-hybridized carbons (Fsp3) is 0.158. The molecular formula is C19H12F6O8-2. The van der Waals surface area contributed by atoms with Crippen molar-refractivity contribution in [1.29, 1.82) is 0 Å². The summed E-state index contributed by atoms with van der Waals surface area (Å²) < 4.78 is 86.4. The van der Waals surface area contributed by atoms with Crippen LogP contribution in [0.2, 0.25) is 0 Å². The number of benzene rings is 2. The molecule has 0 saturated carbocycles. The number of hydrogen-bond acceptors (Lipinski definition) is 4. The molecule has 8 nitrogen and oxygen atoms in total. The Bertz CT molecular complexity index is 1090. The van der Waals surface area contributed by atoms with E-state index in [9.17, 15) is 55.7 Å². The second-order valence-electron chi connectivity index (χ2n) is 6.42. The topological polar surface area (TPSA) is 149 Å². The number of carboxylic acids is 4. The van der Waals surface area contributed by atoms with Crippen LogP contribution in [-0.2, 0) is 5.41 Å². The van der Waals surface area contributed by atoms with Gasteiger partial charge in [0, 0.05) is 0 Å². The third-order valence-corrected chi connectivity index (χ3v) is 4.68. The fourth-order valence-electron chi connectivity index (χ4n) is 3.46. The van der Waals surface area contributed by atoms with Gasteiger partial charge in [-0.3, -0.25) is 0 Å². The first kappa shape index (κ1) is 25.2. The van der Waals surface area contributed by atoms with Crippen LogP contribution in [0.5, 0.6) is 0 Å². The largest absolute Gasteiger partial charge is 1.00 e. The summed E-state index contributed by atoms with van der Waals surface area (Å²) in [7, 11) is 0. The summed E-state index contributed by atoms with van der Waals surface area (Å²) in [4.78, 5) is 46.1. The maximum absolute atomic E-state index is 14.4. The zero-order valence-corrected chi connectivity index (χ0v) is 15.7.